The predicted octanol–water partition coefficient (Wildman–Crippen LogP) is 4.62. The molecule has 0 amide bonds. The predicted molar refractivity (Wildman–Crippen MR) is 106 cm³/mol. The van der Waals surface area contributed by atoms with Crippen LogP contribution in [0.1, 0.15) is 24.7 Å². The van der Waals surface area contributed by atoms with Crippen LogP contribution in [0.25, 0.3) is 21.9 Å². The van der Waals surface area contributed by atoms with Crippen LogP contribution in [-0.2, 0) is 6.54 Å². The van der Waals surface area contributed by atoms with Gasteiger partial charge in [0.2, 0.25) is 0 Å². The van der Waals surface area contributed by atoms with Crippen molar-refractivity contribution in [1.82, 2.24) is 19.3 Å². The molecule has 27 heavy (non-hydrogen) atoms. The van der Waals surface area contributed by atoms with E-state index in [2.05, 4.69) is 61.9 Å². The number of aromatic nitrogens is 4. The van der Waals surface area contributed by atoms with Gasteiger partial charge in [0.05, 0.1) is 18.8 Å². The van der Waals surface area contributed by atoms with Crippen LogP contribution in [0.2, 0.25) is 0 Å². The molecule has 5 heteroatoms. The summed E-state index contributed by atoms with van der Waals surface area (Å²) in [5, 5.41) is 6.97. The molecule has 1 aliphatic carbocycles. The highest BCUT2D eigenvalue weighted by Crippen LogP contribution is 2.37. The Balaban J connectivity index is 1.45. The van der Waals surface area contributed by atoms with Crippen LogP contribution in [0.15, 0.2) is 61.2 Å². The molecular formula is C22H22N4O. The molecule has 0 saturated heterocycles. The van der Waals surface area contributed by atoms with Gasteiger partial charge in [0, 0.05) is 24.2 Å². The van der Waals surface area contributed by atoms with Crippen molar-refractivity contribution in [3.05, 3.63) is 67.0 Å². The number of hydrogen-bond donors (Lipinski definition) is 0. The van der Waals surface area contributed by atoms with Crippen molar-refractivity contribution in [3.63, 3.8) is 0 Å². The minimum atomic E-state index is 0.586. The maximum absolute atomic E-state index is 6.10. The summed E-state index contributed by atoms with van der Waals surface area (Å²) in [6.07, 6.45) is 10.4. The number of fused-ring (bicyclic) bond motifs is 1. The van der Waals surface area contributed by atoms with Crippen molar-refractivity contribution in [2.24, 2.45) is 0 Å². The number of ether oxygens (including phenoxy) is 1. The highest BCUT2D eigenvalue weighted by Gasteiger charge is 2.24. The Kier molecular flexibility index (Phi) is 3.93. The number of hydrogen-bond acceptors (Lipinski definition) is 3. The Hall–Kier alpha value is -3.08. The third kappa shape index (κ3) is 3.21. The van der Waals surface area contributed by atoms with Crippen LogP contribution < -0.4 is 4.74 Å². The van der Waals surface area contributed by atoms with Crippen LogP contribution in [0.4, 0.5) is 0 Å². The number of aryl methyl sites for hydroxylation is 1. The molecule has 136 valence electrons. The van der Waals surface area contributed by atoms with Crippen molar-refractivity contribution < 1.29 is 4.74 Å². The average Bonchev–Trinajstić information content (AvgIpc) is 3.28. The quantitative estimate of drug-likeness (QED) is 0.505. The lowest BCUT2D eigenvalue weighted by molar-refractivity contribution is 0.297. The lowest BCUT2D eigenvalue weighted by Gasteiger charge is -2.12. The van der Waals surface area contributed by atoms with Gasteiger partial charge < -0.3 is 9.30 Å². The smallest absolute Gasteiger partial charge is 0.120 e. The molecular weight excluding hydrogens is 336 g/mol. The fraction of sp³-hybridized carbons (Fsp3) is 0.273. The van der Waals surface area contributed by atoms with Gasteiger partial charge >= 0.3 is 0 Å². The first-order valence-electron chi connectivity index (χ1n) is 9.46. The van der Waals surface area contributed by atoms with E-state index in [0.717, 1.165) is 23.7 Å². The largest absolute Gasteiger partial charge is 0.492 e. The van der Waals surface area contributed by atoms with Crippen LogP contribution in [-0.4, -0.2) is 25.9 Å². The van der Waals surface area contributed by atoms with Crippen molar-refractivity contribution in [3.8, 4) is 16.9 Å². The van der Waals surface area contributed by atoms with Gasteiger partial charge in [-0.1, -0.05) is 24.3 Å². The minimum Gasteiger partial charge on any atom is -0.492 e. The summed E-state index contributed by atoms with van der Waals surface area (Å²) in [6.45, 7) is 3.40. The summed E-state index contributed by atoms with van der Waals surface area (Å²) >= 11 is 0. The summed E-state index contributed by atoms with van der Waals surface area (Å²) in [5.74, 6) is 1.89. The van der Waals surface area contributed by atoms with Crippen LogP contribution in [0.5, 0.6) is 5.75 Å². The first-order valence-corrected chi connectivity index (χ1v) is 9.46. The lowest BCUT2D eigenvalue weighted by atomic mass is 10.00. The number of benzene rings is 2. The number of imidazole rings is 1. The second kappa shape index (κ2) is 6.58. The van der Waals surface area contributed by atoms with E-state index in [0.29, 0.717) is 12.6 Å². The second-order valence-electron chi connectivity index (χ2n) is 7.15. The van der Waals surface area contributed by atoms with E-state index < -0.39 is 0 Å². The Morgan fingerprint density at radius 3 is 2.89 bits per heavy atom. The maximum atomic E-state index is 6.10. The average molecular weight is 358 g/mol. The molecule has 0 spiro atoms. The lowest BCUT2D eigenvalue weighted by Crippen LogP contribution is -2.08. The van der Waals surface area contributed by atoms with E-state index in [9.17, 15) is 0 Å². The summed E-state index contributed by atoms with van der Waals surface area (Å²) in [6, 6.07) is 13.3. The highest BCUT2D eigenvalue weighted by molar-refractivity contribution is 5.97. The first kappa shape index (κ1) is 16.1. The minimum absolute atomic E-state index is 0.586. The van der Waals surface area contributed by atoms with Crippen molar-refractivity contribution >= 4 is 10.8 Å². The standard InChI is InChI=1S/C22H22N4O/c1-16-23-8-9-25(16)10-11-27-20-12-17-4-2-3-5-21(17)22(13-20)18-14-24-26(15-18)19-6-7-19/h2-5,8-9,12-15,19H,6-7,10-11H2,1H3. The fourth-order valence-corrected chi connectivity index (χ4v) is 3.52. The Labute approximate surface area is 158 Å². The number of nitrogens with zero attached hydrogens (tertiary/aromatic N) is 4. The van der Waals surface area contributed by atoms with E-state index >= 15 is 0 Å². The molecule has 1 aliphatic rings. The van der Waals surface area contributed by atoms with Crippen molar-refractivity contribution in [2.75, 3.05) is 6.61 Å². The van der Waals surface area contributed by atoms with Crippen LogP contribution in [0, 0.1) is 6.92 Å². The van der Waals surface area contributed by atoms with Gasteiger partial charge in [-0.25, -0.2) is 4.98 Å². The third-order valence-corrected chi connectivity index (χ3v) is 5.19. The van der Waals surface area contributed by atoms with Gasteiger partial charge in [-0.15, -0.1) is 0 Å². The zero-order valence-electron chi connectivity index (χ0n) is 15.4. The van der Waals surface area contributed by atoms with Crippen molar-refractivity contribution in [1.29, 1.82) is 0 Å². The molecule has 2 aromatic carbocycles. The second-order valence-corrected chi connectivity index (χ2v) is 7.15. The fourth-order valence-electron chi connectivity index (χ4n) is 3.52. The molecule has 0 radical (unpaired) electrons. The van der Waals surface area contributed by atoms with E-state index in [1.165, 1.54) is 29.2 Å². The molecule has 0 unspecified atom stereocenters. The summed E-state index contributed by atoms with van der Waals surface area (Å²) < 4.78 is 10.3. The molecule has 0 N–H and O–H groups in total. The molecule has 2 aromatic heterocycles. The number of rotatable bonds is 6. The summed E-state index contributed by atoms with van der Waals surface area (Å²) in [5.41, 5.74) is 2.32. The van der Waals surface area contributed by atoms with Gasteiger partial charge in [0.25, 0.3) is 0 Å². The van der Waals surface area contributed by atoms with Gasteiger partial charge in [0.15, 0.2) is 0 Å². The molecule has 0 aliphatic heterocycles. The van der Waals surface area contributed by atoms with Gasteiger partial charge in [-0.05, 0) is 48.2 Å². The first-order chi connectivity index (χ1) is 13.3. The molecule has 5 rings (SSSR count). The van der Waals surface area contributed by atoms with E-state index in [1.54, 1.807) is 0 Å². The normalized spacial score (nSPS) is 14.0. The Morgan fingerprint density at radius 2 is 2.07 bits per heavy atom. The molecule has 5 nitrogen and oxygen atoms in total. The topological polar surface area (TPSA) is 44.9 Å². The SMILES string of the molecule is Cc1nccn1CCOc1cc(-c2cnn(C3CC3)c2)c2ccccc2c1. The van der Waals surface area contributed by atoms with E-state index in [-0.39, 0.29) is 0 Å². The Morgan fingerprint density at radius 1 is 1.19 bits per heavy atom. The van der Waals surface area contributed by atoms with Crippen molar-refractivity contribution in [2.45, 2.75) is 32.4 Å². The molecule has 2 heterocycles. The molecule has 0 atom stereocenters. The third-order valence-electron chi connectivity index (χ3n) is 5.19. The van der Waals surface area contributed by atoms with E-state index in [4.69, 9.17) is 4.74 Å². The molecule has 1 saturated carbocycles. The summed E-state index contributed by atoms with van der Waals surface area (Å²) in [4.78, 5) is 4.26. The maximum Gasteiger partial charge on any atom is 0.120 e. The highest BCUT2D eigenvalue weighted by atomic mass is 16.5. The molecule has 1 fully saturated rings. The van der Waals surface area contributed by atoms with Crippen LogP contribution in [0.3, 0.4) is 0 Å². The van der Waals surface area contributed by atoms with E-state index in [1.807, 2.05) is 25.5 Å². The van der Waals surface area contributed by atoms with Gasteiger partial charge in [-0.2, -0.15) is 5.10 Å². The van der Waals surface area contributed by atoms with Gasteiger partial charge in [0.1, 0.15) is 18.2 Å². The monoisotopic (exact) mass is 358 g/mol. The zero-order valence-corrected chi connectivity index (χ0v) is 15.4. The molecule has 0 bridgehead atoms. The summed E-state index contributed by atoms with van der Waals surface area (Å²) in [7, 11) is 0. The molecule has 4 aromatic rings. The van der Waals surface area contributed by atoms with Gasteiger partial charge in [-0.3, -0.25) is 4.68 Å². The Bertz CT molecular complexity index is 1090. The zero-order chi connectivity index (χ0) is 18.2. The van der Waals surface area contributed by atoms with Crippen LogP contribution >= 0.6 is 0 Å².